The normalized spacial score (nSPS) is 29.4. The molecule has 121 heavy (non-hydrogen) atoms. The summed E-state index contributed by atoms with van der Waals surface area (Å²) in [6.07, 6.45) is 21.1. The van der Waals surface area contributed by atoms with Crippen LogP contribution in [0.5, 0.6) is 0 Å². The Kier molecular flexibility index (Phi) is 26.8. The van der Waals surface area contributed by atoms with Crippen LogP contribution in [0, 0.1) is 0 Å². The molecule has 0 radical (unpaired) electrons. The molecule has 0 aromatic heterocycles. The van der Waals surface area contributed by atoms with E-state index in [1.54, 1.807) is 15.8 Å². The molecule has 694 valence electrons. The van der Waals surface area contributed by atoms with Crippen LogP contribution >= 0.6 is 0 Å². The van der Waals surface area contributed by atoms with Gasteiger partial charge in [-0.15, -0.1) is 10.2 Å². The van der Waals surface area contributed by atoms with E-state index in [0.29, 0.717) is 43.8 Å². The Morgan fingerprint density at radius 1 is 0.273 bits per heavy atom. The Morgan fingerprint density at radius 3 is 0.736 bits per heavy atom. The molecule has 8 fully saturated rings. The number of hydrazone groups is 3. The van der Waals surface area contributed by atoms with Crippen LogP contribution in [0.25, 0.3) is 0 Å². The van der Waals surface area contributed by atoms with Gasteiger partial charge in [-0.2, -0.15) is 0 Å². The highest BCUT2D eigenvalue weighted by atomic mass is 16.8. The maximum Gasteiger partial charge on any atom is 0.239 e. The summed E-state index contributed by atoms with van der Waals surface area (Å²) < 4.78 is 22.2. The highest BCUT2D eigenvalue weighted by Gasteiger charge is 2.54. The van der Waals surface area contributed by atoms with Crippen LogP contribution in [0.4, 0.5) is 0 Å². The molecule has 0 amide bonds. The van der Waals surface area contributed by atoms with E-state index < -0.39 is 0 Å². The monoisotopic (exact) mass is 1700 g/mol. The molecule has 3 N–H and O–H groups in total. The fraction of sp³-hybridized carbons (Fsp3) is 0.905. The molecule has 11 rings (SSSR count). The Bertz CT molecular complexity index is 3500. The number of hydrazine groups is 3. The zero-order valence-electron chi connectivity index (χ0n) is 84.5. The van der Waals surface area contributed by atoms with Crippen molar-refractivity contribution in [1.29, 1.82) is 0 Å². The molecular formula is C95H178N20O6. The van der Waals surface area contributed by atoms with E-state index >= 15 is 0 Å². The lowest BCUT2D eigenvalue weighted by atomic mass is 9.77. The van der Waals surface area contributed by atoms with E-state index in [2.05, 4.69) is 366 Å². The van der Waals surface area contributed by atoms with Crippen molar-refractivity contribution < 1.29 is 28.7 Å². The van der Waals surface area contributed by atoms with E-state index in [1.807, 2.05) is 0 Å². The number of ether oxygens (including phenoxy) is 3. The molecule has 0 atom stereocenters. The van der Waals surface area contributed by atoms with Crippen LogP contribution < -0.4 is 16.3 Å². The van der Waals surface area contributed by atoms with E-state index in [9.17, 15) is 0 Å². The summed E-state index contributed by atoms with van der Waals surface area (Å²) in [5.41, 5.74) is 9.10. The van der Waals surface area contributed by atoms with Gasteiger partial charge in [-0.05, 0) is 355 Å². The number of nitrogens with zero attached hydrogens (tertiary/aromatic N) is 17. The van der Waals surface area contributed by atoms with Gasteiger partial charge in [0.15, 0.2) is 11.7 Å². The molecule has 26 heteroatoms. The smallest absolute Gasteiger partial charge is 0.239 e. The Morgan fingerprint density at radius 2 is 0.488 bits per heavy atom. The van der Waals surface area contributed by atoms with Crippen LogP contribution in [0.2, 0.25) is 0 Å². The zero-order chi connectivity index (χ0) is 90.3. The largest absolute Gasteiger partial charge is 0.474 e. The number of likely N-dealkylation sites (tertiary alicyclic amines) is 8. The third-order valence-corrected chi connectivity index (χ3v) is 33.3. The van der Waals surface area contributed by atoms with E-state index in [1.165, 1.54) is 0 Å². The van der Waals surface area contributed by atoms with Crippen LogP contribution in [0.15, 0.2) is 51.1 Å². The predicted octanol–water partition coefficient (Wildman–Crippen LogP) is 15.7. The lowest BCUT2D eigenvalue weighted by molar-refractivity contribution is -0.259. The van der Waals surface area contributed by atoms with Gasteiger partial charge in [-0.3, -0.25) is 39.2 Å². The van der Waals surface area contributed by atoms with Gasteiger partial charge in [0.05, 0.1) is 18.3 Å². The zero-order valence-corrected chi connectivity index (χ0v) is 84.5. The second-order valence-electron chi connectivity index (χ2n) is 49.6. The summed E-state index contributed by atoms with van der Waals surface area (Å²) in [6, 6.07) is 0.176. The fourth-order valence-corrected chi connectivity index (χ4v) is 24.3. The minimum Gasteiger partial charge on any atom is -0.474 e. The lowest BCUT2D eigenvalue weighted by Crippen LogP contribution is -2.64. The number of hydrogen-bond donors (Lipinski definition) is 3. The van der Waals surface area contributed by atoms with Crippen molar-refractivity contribution >= 4 is 17.6 Å². The van der Waals surface area contributed by atoms with Crippen molar-refractivity contribution in [3.05, 3.63) is 35.8 Å². The van der Waals surface area contributed by atoms with Gasteiger partial charge < -0.3 is 28.9 Å². The second-order valence-corrected chi connectivity index (χ2v) is 49.6. The number of piperidine rings is 8. The average Bonchev–Trinajstić information content (AvgIpc) is 0.768. The first-order chi connectivity index (χ1) is 55.0. The minimum atomic E-state index is -0.155. The van der Waals surface area contributed by atoms with Crippen molar-refractivity contribution in [3.63, 3.8) is 0 Å². The van der Waals surface area contributed by atoms with Gasteiger partial charge in [0.25, 0.3) is 0 Å². The maximum absolute atomic E-state index is 7.42. The van der Waals surface area contributed by atoms with E-state index in [-0.39, 0.29) is 137 Å². The van der Waals surface area contributed by atoms with Crippen molar-refractivity contribution in [2.24, 2.45) is 15.3 Å². The van der Waals surface area contributed by atoms with Crippen molar-refractivity contribution in [3.8, 4) is 0 Å². The van der Waals surface area contributed by atoms with Gasteiger partial charge >= 0.3 is 0 Å². The first kappa shape index (κ1) is 97.0. The maximum atomic E-state index is 7.42. The van der Waals surface area contributed by atoms with Crippen molar-refractivity contribution in [2.45, 2.75) is 474 Å². The fourth-order valence-electron chi connectivity index (χ4n) is 24.3. The molecule has 11 aliphatic heterocycles. The highest BCUT2D eigenvalue weighted by molar-refractivity contribution is 5.94. The molecule has 0 aromatic rings. The van der Waals surface area contributed by atoms with Crippen LogP contribution in [0.1, 0.15) is 337 Å². The van der Waals surface area contributed by atoms with Gasteiger partial charge in [0.1, 0.15) is 24.1 Å². The summed E-state index contributed by atoms with van der Waals surface area (Å²) >= 11 is 0. The SMILES string of the molecule is CN1C(C)(C)CC(OC2=CC(N(CCCN(CCCN(C3=NN(OC4CC(C)(C)N(C)C(C)(C)C4)NC(OC4CC(C)(C)N(C)C(C)(C)C4)=C3)C3CC(C)(C)N(C)C(C)(C)C3)C3=CC(OC4CC(C)(C)N(C)C(C)(C)C4)=NN(OC4CC(C)(C)N(C)C(C)(C)C4)N3)C3CC(C)(C)N(C)C(C)(C)C3)=NN(OC3CC(C)(C)N(C)C(C)(C)C3)N2)CC1(C)C. The molecule has 0 unspecified atom stereocenters. The summed E-state index contributed by atoms with van der Waals surface area (Å²) in [5.74, 6) is 4.36. The topological polar surface area (TPSA) is 174 Å². The Hall–Kier alpha value is -4.61. The first-order valence-electron chi connectivity index (χ1n) is 46.8. The molecule has 0 spiro atoms. The van der Waals surface area contributed by atoms with Crippen molar-refractivity contribution in [2.75, 3.05) is 82.6 Å². The molecule has 11 aliphatic rings. The molecule has 8 saturated heterocycles. The van der Waals surface area contributed by atoms with Crippen LogP contribution in [-0.4, -0.2) is 307 Å². The summed E-state index contributed by atoms with van der Waals surface area (Å²) in [7, 11) is 18.2. The molecule has 0 aromatic carbocycles. The van der Waals surface area contributed by atoms with E-state index in [4.69, 9.17) is 44.0 Å². The first-order valence-corrected chi connectivity index (χ1v) is 46.8. The number of amidine groups is 2. The summed E-state index contributed by atoms with van der Waals surface area (Å²) in [6.45, 7) is 78.3. The van der Waals surface area contributed by atoms with Crippen LogP contribution in [-0.2, 0) is 28.7 Å². The van der Waals surface area contributed by atoms with Gasteiger partial charge in [0.2, 0.25) is 17.7 Å². The third-order valence-electron chi connectivity index (χ3n) is 33.3. The Balaban J connectivity index is 1.02. The van der Waals surface area contributed by atoms with Gasteiger partial charge in [-0.25, -0.2) is 30.8 Å². The minimum absolute atomic E-state index is 0.0692. The van der Waals surface area contributed by atoms with Gasteiger partial charge in [0, 0.05) is 184 Å². The molecule has 0 saturated carbocycles. The lowest BCUT2D eigenvalue weighted by Gasteiger charge is -2.56. The quantitative estimate of drug-likeness (QED) is 0.0933. The average molecular weight is 1700 g/mol. The molecule has 0 bridgehead atoms. The van der Waals surface area contributed by atoms with E-state index in [0.717, 1.165) is 133 Å². The summed E-state index contributed by atoms with van der Waals surface area (Å²) in [5, 5.41) is 21.7. The number of rotatable bonds is 22. The summed E-state index contributed by atoms with van der Waals surface area (Å²) in [4.78, 5) is 50.0. The predicted molar refractivity (Wildman–Crippen MR) is 494 cm³/mol. The van der Waals surface area contributed by atoms with Crippen molar-refractivity contribution in [1.82, 2.24) is 86.0 Å². The molecular weight excluding hydrogens is 1520 g/mol. The molecule has 26 nitrogen and oxygen atoms in total. The van der Waals surface area contributed by atoms with Crippen LogP contribution in [0.3, 0.4) is 0 Å². The Labute approximate surface area is 736 Å². The number of nitrogens with one attached hydrogen (secondary N) is 3. The molecule has 0 aliphatic carbocycles. The standard InChI is InChI=1S/C95H178N20O6/c1-80(2)50-66(51-81(3,4)102(80)33)111(75-48-78(117-69-56-86(13,14)105(36)87(15,16)57-69)100-114(97-75)120-72-62-92(25,26)108(39)93(27,28)63-72)45-41-43-110(74-47-77(116-68-54-84(9,10)104(35)85(11,12)55-68)99-113(96-74)119-71-60-90(21,22)107(38)91(23,24)61-71)44-42-46-112(67-52-82(5,6)103(34)83(7,8)53-67)76-49-79(118-70-58-88(17,18)106(37)89(19,20)59-70)101-115(98-76)121-73-64-94(29,30)109(40)95(31,32)65-73/h47-49,66-73,96,100-101H,41-46,50-65H2,1-40H3. The third kappa shape index (κ3) is 21.4. The highest BCUT2D eigenvalue weighted by Crippen LogP contribution is 2.48. The molecule has 11 heterocycles. The number of hydrogen-bond acceptors (Lipinski definition) is 26. The second kappa shape index (κ2) is 33.5. The van der Waals surface area contributed by atoms with Gasteiger partial charge in [-0.1, -0.05) is 20.9 Å².